The number of anilines is 2. The number of ether oxygens (including phenoxy) is 4. The van der Waals surface area contributed by atoms with Crippen molar-refractivity contribution in [3.05, 3.63) is 118 Å². The fraction of sp³-hybridized carbons (Fsp3) is 0.426. The lowest BCUT2D eigenvalue weighted by atomic mass is 9.84. The van der Waals surface area contributed by atoms with Crippen molar-refractivity contribution in [3.8, 4) is 11.5 Å². The van der Waals surface area contributed by atoms with E-state index in [0.717, 1.165) is 65.9 Å². The number of hydrogen-bond donors (Lipinski definition) is 1. The minimum atomic E-state index is -0.451. The van der Waals surface area contributed by atoms with Crippen LogP contribution in [0, 0.1) is 5.92 Å². The quantitative estimate of drug-likeness (QED) is 0.0827. The van der Waals surface area contributed by atoms with Crippen molar-refractivity contribution >= 4 is 40.9 Å². The number of benzene rings is 4. The molecule has 4 aromatic rings. The number of carbonyl (C=O) groups excluding carboxylic acids is 3. The maximum atomic E-state index is 14.0. The third-order valence-electron chi connectivity index (χ3n) is 11.2. The Labute approximate surface area is 353 Å². The highest BCUT2D eigenvalue weighted by molar-refractivity contribution is 6.30. The van der Waals surface area contributed by atoms with Crippen molar-refractivity contribution < 1.29 is 33.3 Å². The van der Waals surface area contributed by atoms with Crippen LogP contribution in [-0.2, 0) is 32.1 Å². The minimum Gasteiger partial charge on any atom is -0.493 e. The molecule has 1 saturated carbocycles. The first-order valence-corrected chi connectivity index (χ1v) is 20.9. The van der Waals surface area contributed by atoms with Crippen molar-refractivity contribution in [1.29, 1.82) is 0 Å². The van der Waals surface area contributed by atoms with E-state index >= 15 is 0 Å². The normalized spacial score (nSPS) is 17.7. The first-order chi connectivity index (χ1) is 28.5. The molecule has 2 aliphatic rings. The number of esters is 1. The molecule has 1 fully saturated rings. The Morgan fingerprint density at radius 2 is 1.63 bits per heavy atom. The zero-order valence-corrected chi connectivity index (χ0v) is 35.6. The van der Waals surface area contributed by atoms with E-state index in [2.05, 4.69) is 34.3 Å². The maximum absolute atomic E-state index is 14.0. The molecule has 1 heterocycles. The van der Waals surface area contributed by atoms with Gasteiger partial charge in [-0.2, -0.15) is 0 Å². The Balaban J connectivity index is 1.06. The first-order valence-electron chi connectivity index (χ1n) is 20.5. The Morgan fingerprint density at radius 3 is 2.29 bits per heavy atom. The molecule has 0 saturated heterocycles. The van der Waals surface area contributed by atoms with Crippen LogP contribution in [0.5, 0.6) is 11.5 Å². The molecule has 4 aromatic carbocycles. The van der Waals surface area contributed by atoms with Crippen molar-refractivity contribution in [1.82, 2.24) is 10.2 Å². The van der Waals surface area contributed by atoms with Gasteiger partial charge in [-0.15, -0.1) is 0 Å². The summed E-state index contributed by atoms with van der Waals surface area (Å²) in [4.78, 5) is 45.0. The Morgan fingerprint density at radius 1 is 0.915 bits per heavy atom. The second-order valence-corrected chi connectivity index (χ2v) is 16.2. The second-order valence-electron chi connectivity index (χ2n) is 15.7. The van der Waals surface area contributed by atoms with Crippen molar-refractivity contribution in [3.63, 3.8) is 0 Å². The lowest BCUT2D eigenvalue weighted by Gasteiger charge is -2.39. The topological polar surface area (TPSA) is 110 Å². The molecule has 2 amide bonds. The highest BCUT2D eigenvalue weighted by atomic mass is 35.5. The zero-order valence-electron chi connectivity index (χ0n) is 34.8. The van der Waals surface area contributed by atoms with E-state index in [9.17, 15) is 14.4 Å². The number of nitrogens with one attached hydrogen (secondary N) is 1. The number of methoxy groups -OCH3 is 2. The van der Waals surface area contributed by atoms with Gasteiger partial charge in [0.1, 0.15) is 6.61 Å². The van der Waals surface area contributed by atoms with Gasteiger partial charge >= 0.3 is 12.1 Å². The van der Waals surface area contributed by atoms with E-state index in [4.69, 9.17) is 30.5 Å². The van der Waals surface area contributed by atoms with Gasteiger partial charge in [0.15, 0.2) is 11.5 Å². The summed E-state index contributed by atoms with van der Waals surface area (Å²) in [5.74, 6) is 1.48. The van der Waals surface area contributed by atoms with Crippen molar-refractivity contribution in [2.24, 2.45) is 5.92 Å². The SMILES string of the molecule is COC(=O)CN(CCCNC(=O)OCc1ccccc1)C1CCC(CN(C)c2ccc(N3C(=O)Cc4cc(OC)c(OC(C)C)cc4C3c3ccc(Cl)cc3)cc2)CC1. The van der Waals surface area contributed by atoms with Crippen LogP contribution >= 0.6 is 11.6 Å². The molecule has 314 valence electrons. The van der Waals surface area contributed by atoms with E-state index in [1.807, 2.05) is 97.6 Å². The summed E-state index contributed by atoms with van der Waals surface area (Å²) in [6.07, 6.45) is 4.44. The van der Waals surface area contributed by atoms with Gasteiger partial charge in [0.05, 0.1) is 39.3 Å². The van der Waals surface area contributed by atoms with E-state index in [1.54, 1.807) is 7.11 Å². The van der Waals surface area contributed by atoms with Gasteiger partial charge in [-0.3, -0.25) is 14.5 Å². The number of halogens is 1. The van der Waals surface area contributed by atoms with Gasteiger partial charge < -0.3 is 34.1 Å². The predicted octanol–water partition coefficient (Wildman–Crippen LogP) is 8.60. The summed E-state index contributed by atoms with van der Waals surface area (Å²) in [5, 5.41) is 3.46. The highest BCUT2D eigenvalue weighted by Gasteiger charge is 2.36. The molecular weight excluding hydrogens is 768 g/mol. The molecule has 0 spiro atoms. The van der Waals surface area contributed by atoms with E-state index in [1.165, 1.54) is 7.11 Å². The second kappa shape index (κ2) is 20.6. The smallest absolute Gasteiger partial charge is 0.407 e. The van der Waals surface area contributed by atoms with Crippen LogP contribution < -0.4 is 24.6 Å². The van der Waals surface area contributed by atoms with Gasteiger partial charge in [-0.05, 0) is 123 Å². The number of rotatable bonds is 17. The standard InChI is InChI=1S/C47H57ClN4O7/c1-32(2)59-43-28-41-36(26-42(43)56-4)27-44(53)52(46(41)35-14-16-37(48)17-15-35)40-22-20-38(21-23-40)50(3)29-33-12-18-39(19-13-33)51(30-45(54)57-5)25-9-24-49-47(55)58-31-34-10-7-6-8-11-34/h6-8,10-11,14-17,20-23,26,28,32-33,39,46H,9,12-13,18-19,24-25,27,29-31H2,1-5H3,(H,49,55). The molecule has 0 aromatic heterocycles. The number of amides is 2. The van der Waals surface area contributed by atoms with Crippen LogP contribution in [-0.4, -0.2) is 82.5 Å². The summed E-state index contributed by atoms with van der Waals surface area (Å²) in [5.41, 5.74) is 5.66. The van der Waals surface area contributed by atoms with Crippen molar-refractivity contribution in [2.75, 3.05) is 57.2 Å². The van der Waals surface area contributed by atoms with Gasteiger partial charge in [-0.25, -0.2) is 4.79 Å². The third kappa shape index (κ3) is 11.5. The molecule has 1 aliphatic carbocycles. The molecule has 0 bridgehead atoms. The first kappa shape index (κ1) is 43.3. The largest absolute Gasteiger partial charge is 0.493 e. The molecule has 0 radical (unpaired) electrons. The van der Waals surface area contributed by atoms with Crippen LogP contribution in [0.15, 0.2) is 91.0 Å². The fourth-order valence-corrected chi connectivity index (χ4v) is 8.38. The van der Waals surface area contributed by atoms with Gasteiger partial charge in [-0.1, -0.05) is 54.1 Å². The number of nitrogens with zero attached hydrogens (tertiary/aromatic N) is 3. The predicted molar refractivity (Wildman–Crippen MR) is 232 cm³/mol. The van der Waals surface area contributed by atoms with Crippen LogP contribution in [0.1, 0.15) is 74.2 Å². The van der Waals surface area contributed by atoms with Crippen molar-refractivity contribution in [2.45, 2.75) is 77.2 Å². The summed E-state index contributed by atoms with van der Waals surface area (Å²) in [6.45, 7) is 6.42. The van der Waals surface area contributed by atoms with Crippen LogP contribution in [0.25, 0.3) is 0 Å². The van der Waals surface area contributed by atoms with E-state index in [-0.39, 0.29) is 49.6 Å². The molecule has 1 N–H and O–H groups in total. The molecule has 59 heavy (non-hydrogen) atoms. The maximum Gasteiger partial charge on any atom is 0.407 e. The molecule has 6 rings (SSSR count). The fourth-order valence-electron chi connectivity index (χ4n) is 8.25. The number of carbonyl (C=O) groups is 3. The average molecular weight is 825 g/mol. The van der Waals surface area contributed by atoms with Gasteiger partial charge in [0.25, 0.3) is 0 Å². The summed E-state index contributed by atoms with van der Waals surface area (Å²) >= 11 is 6.31. The van der Waals surface area contributed by atoms with E-state index < -0.39 is 6.09 Å². The lowest BCUT2D eigenvalue weighted by Crippen LogP contribution is -2.43. The summed E-state index contributed by atoms with van der Waals surface area (Å²) in [7, 11) is 5.15. The summed E-state index contributed by atoms with van der Waals surface area (Å²) < 4.78 is 22.2. The molecule has 12 heteroatoms. The molecular formula is C47H57ClN4O7. The molecule has 1 aliphatic heterocycles. The minimum absolute atomic E-state index is 0.00579. The third-order valence-corrected chi connectivity index (χ3v) is 11.5. The number of hydrogen-bond acceptors (Lipinski definition) is 9. The number of fused-ring (bicyclic) bond motifs is 1. The van der Waals surface area contributed by atoms with Crippen LogP contribution in [0.2, 0.25) is 5.02 Å². The van der Waals surface area contributed by atoms with Gasteiger partial charge in [0, 0.05) is 49.1 Å². The Bertz CT molecular complexity index is 2000. The number of alkyl carbamates (subject to hydrolysis) is 1. The Hall–Kier alpha value is -5.26. The lowest BCUT2D eigenvalue weighted by molar-refractivity contribution is -0.142. The molecule has 11 nitrogen and oxygen atoms in total. The van der Waals surface area contributed by atoms with Crippen LogP contribution in [0.3, 0.4) is 0 Å². The zero-order chi connectivity index (χ0) is 41.9. The highest BCUT2D eigenvalue weighted by Crippen LogP contribution is 2.44. The van der Waals surface area contributed by atoms with Gasteiger partial charge in [0.2, 0.25) is 5.91 Å². The van der Waals surface area contributed by atoms with Crippen LogP contribution in [0.4, 0.5) is 16.2 Å². The molecule has 1 unspecified atom stereocenters. The summed E-state index contributed by atoms with van der Waals surface area (Å²) in [6, 6.07) is 29.3. The average Bonchev–Trinajstić information content (AvgIpc) is 3.24. The monoisotopic (exact) mass is 824 g/mol. The van der Waals surface area contributed by atoms with E-state index in [0.29, 0.717) is 41.9 Å². The molecule has 1 atom stereocenters. The Kier molecular flexibility index (Phi) is 15.1.